The Bertz CT molecular complexity index is 1300. The normalized spacial score (nSPS) is 12.2. The lowest BCUT2D eigenvalue weighted by molar-refractivity contribution is -0.274. The van der Waals surface area contributed by atoms with Crippen LogP contribution in [-0.2, 0) is 6.54 Å². The molecule has 36 heavy (non-hydrogen) atoms. The summed E-state index contributed by atoms with van der Waals surface area (Å²) < 4.78 is 43.7. The fourth-order valence-corrected chi connectivity index (χ4v) is 4.15. The molecule has 0 saturated carbocycles. The average molecular weight is 494 g/mol. The first-order chi connectivity index (χ1) is 17.3. The molecule has 1 amide bonds. The number of hydrogen-bond donors (Lipinski definition) is 1. The summed E-state index contributed by atoms with van der Waals surface area (Å²) in [6.45, 7) is 4.38. The molecule has 3 aromatic carbocycles. The highest BCUT2D eigenvalue weighted by molar-refractivity contribution is 5.99. The van der Waals surface area contributed by atoms with Crippen molar-refractivity contribution in [1.29, 1.82) is 0 Å². The van der Waals surface area contributed by atoms with E-state index in [2.05, 4.69) is 10.1 Å². The largest absolute Gasteiger partial charge is 0.573 e. The molecule has 0 fully saturated rings. The first kappa shape index (κ1) is 25.0. The zero-order valence-electron chi connectivity index (χ0n) is 19.9. The Morgan fingerprint density at radius 3 is 2.08 bits per heavy atom. The van der Waals surface area contributed by atoms with Crippen LogP contribution in [0.15, 0.2) is 84.9 Å². The Morgan fingerprint density at radius 2 is 1.53 bits per heavy atom. The molecule has 186 valence electrons. The van der Waals surface area contributed by atoms with Crippen molar-refractivity contribution in [2.75, 3.05) is 0 Å². The molecule has 4 rings (SSSR count). The fourth-order valence-electron chi connectivity index (χ4n) is 4.15. The summed E-state index contributed by atoms with van der Waals surface area (Å²) in [5.74, 6) is -0.0555. The van der Waals surface area contributed by atoms with Gasteiger partial charge in [-0.1, -0.05) is 67.6 Å². The number of amides is 1. The van der Waals surface area contributed by atoms with Gasteiger partial charge in [-0.25, -0.2) is 4.98 Å². The average Bonchev–Trinajstić information content (AvgIpc) is 3.27. The van der Waals surface area contributed by atoms with Crippen molar-refractivity contribution in [3.63, 3.8) is 0 Å². The quantitative estimate of drug-likeness (QED) is 0.287. The number of benzene rings is 3. The topological polar surface area (TPSA) is 56.1 Å². The van der Waals surface area contributed by atoms with Crippen molar-refractivity contribution in [2.45, 2.75) is 39.2 Å². The summed E-state index contributed by atoms with van der Waals surface area (Å²) in [4.78, 5) is 18.5. The summed E-state index contributed by atoms with van der Waals surface area (Å²) in [6.07, 6.45) is -4.11. The zero-order chi connectivity index (χ0) is 25.7. The highest BCUT2D eigenvalue weighted by Crippen LogP contribution is 2.32. The highest BCUT2D eigenvalue weighted by atomic mass is 19.4. The van der Waals surface area contributed by atoms with Gasteiger partial charge in [0.25, 0.3) is 5.91 Å². The first-order valence-corrected chi connectivity index (χ1v) is 11.7. The summed E-state index contributed by atoms with van der Waals surface area (Å²) in [7, 11) is 0. The lowest BCUT2D eigenvalue weighted by atomic mass is 10.0. The van der Waals surface area contributed by atoms with E-state index < -0.39 is 6.36 Å². The summed E-state index contributed by atoms with van der Waals surface area (Å²) in [6, 6.07) is 24.3. The van der Waals surface area contributed by atoms with Gasteiger partial charge in [0.05, 0.1) is 6.04 Å². The van der Waals surface area contributed by atoms with Crippen LogP contribution in [0.25, 0.3) is 22.6 Å². The molecule has 5 nitrogen and oxygen atoms in total. The van der Waals surface area contributed by atoms with E-state index in [-0.39, 0.29) is 17.7 Å². The number of carbonyl (C=O) groups excluding carboxylic acids is 1. The van der Waals surface area contributed by atoms with Crippen LogP contribution in [0.4, 0.5) is 13.2 Å². The van der Waals surface area contributed by atoms with Crippen LogP contribution in [0.1, 0.15) is 42.4 Å². The van der Waals surface area contributed by atoms with Crippen molar-refractivity contribution in [3.05, 3.63) is 96.2 Å². The monoisotopic (exact) mass is 493 g/mol. The summed E-state index contributed by atoms with van der Waals surface area (Å²) >= 11 is 0. The number of imidazole rings is 1. The van der Waals surface area contributed by atoms with Crippen LogP contribution in [0.5, 0.6) is 5.75 Å². The van der Waals surface area contributed by atoms with Crippen molar-refractivity contribution < 1.29 is 22.7 Å². The van der Waals surface area contributed by atoms with Gasteiger partial charge in [0.1, 0.15) is 23.0 Å². The number of nitrogens with zero attached hydrogens (tertiary/aromatic N) is 2. The standard InChI is InChI=1S/C28H26F3N3O2/c1-3-23(19-11-7-5-8-12-19)32-27(35)25-24(20-15-17-22(18-16-20)36-28(29,30)31)33-26(34(25)4-2)21-13-9-6-10-14-21/h5-18,23H,3-4H2,1-2H3,(H,32,35). The maximum absolute atomic E-state index is 13.7. The number of nitrogens with one attached hydrogen (secondary N) is 1. The van der Waals surface area contributed by atoms with E-state index in [4.69, 9.17) is 4.98 Å². The van der Waals surface area contributed by atoms with Gasteiger partial charge in [-0.15, -0.1) is 13.2 Å². The highest BCUT2D eigenvalue weighted by Gasteiger charge is 2.31. The van der Waals surface area contributed by atoms with E-state index in [0.717, 1.165) is 11.1 Å². The van der Waals surface area contributed by atoms with Gasteiger partial charge in [0.2, 0.25) is 0 Å². The third-order valence-corrected chi connectivity index (χ3v) is 5.81. The van der Waals surface area contributed by atoms with Crippen LogP contribution in [-0.4, -0.2) is 21.8 Å². The van der Waals surface area contributed by atoms with E-state index in [0.29, 0.717) is 35.7 Å². The summed E-state index contributed by atoms with van der Waals surface area (Å²) in [5, 5.41) is 3.12. The SMILES string of the molecule is CCC(NC(=O)c1c(-c2ccc(OC(F)(F)F)cc2)nc(-c2ccccc2)n1CC)c1ccccc1. The molecule has 1 aromatic heterocycles. The molecule has 8 heteroatoms. The van der Waals surface area contributed by atoms with Gasteiger partial charge in [-0.05, 0) is 43.2 Å². The molecule has 0 spiro atoms. The number of carbonyl (C=O) groups is 1. The van der Waals surface area contributed by atoms with Crippen molar-refractivity contribution in [2.24, 2.45) is 0 Å². The lowest BCUT2D eigenvalue weighted by Gasteiger charge is -2.19. The summed E-state index contributed by atoms with van der Waals surface area (Å²) in [5.41, 5.74) is 3.04. The van der Waals surface area contributed by atoms with Gasteiger partial charge in [-0.2, -0.15) is 0 Å². The molecule has 0 aliphatic heterocycles. The van der Waals surface area contributed by atoms with Gasteiger partial charge in [0.15, 0.2) is 0 Å². The molecule has 0 radical (unpaired) electrons. The number of hydrogen-bond acceptors (Lipinski definition) is 3. The first-order valence-electron chi connectivity index (χ1n) is 11.7. The maximum atomic E-state index is 13.7. The van der Waals surface area contributed by atoms with Gasteiger partial charge in [0, 0.05) is 17.7 Å². The maximum Gasteiger partial charge on any atom is 0.573 e. The molecule has 1 heterocycles. The Balaban J connectivity index is 1.79. The van der Waals surface area contributed by atoms with Crippen molar-refractivity contribution >= 4 is 5.91 Å². The minimum absolute atomic E-state index is 0.213. The van der Waals surface area contributed by atoms with E-state index in [1.54, 1.807) is 0 Å². The number of aromatic nitrogens is 2. The second-order valence-corrected chi connectivity index (χ2v) is 8.16. The van der Waals surface area contributed by atoms with E-state index in [9.17, 15) is 18.0 Å². The molecular weight excluding hydrogens is 467 g/mol. The predicted molar refractivity (Wildman–Crippen MR) is 132 cm³/mol. The number of rotatable bonds is 8. The van der Waals surface area contributed by atoms with Crippen LogP contribution >= 0.6 is 0 Å². The third-order valence-electron chi connectivity index (χ3n) is 5.81. The fraction of sp³-hybridized carbons (Fsp3) is 0.214. The van der Waals surface area contributed by atoms with Gasteiger partial charge < -0.3 is 14.6 Å². The molecule has 1 unspecified atom stereocenters. The van der Waals surface area contributed by atoms with Gasteiger partial charge in [-0.3, -0.25) is 4.79 Å². The number of halogens is 3. The molecule has 1 atom stereocenters. The molecule has 0 saturated heterocycles. The van der Waals surface area contributed by atoms with Crippen LogP contribution in [0.2, 0.25) is 0 Å². The predicted octanol–water partition coefficient (Wildman–Crippen LogP) is 7.02. The second-order valence-electron chi connectivity index (χ2n) is 8.16. The molecule has 0 aliphatic carbocycles. The second kappa shape index (κ2) is 10.7. The van der Waals surface area contributed by atoms with Gasteiger partial charge >= 0.3 is 6.36 Å². The van der Waals surface area contributed by atoms with Crippen LogP contribution in [0, 0.1) is 0 Å². The number of alkyl halides is 3. The number of ether oxygens (including phenoxy) is 1. The molecule has 0 aliphatic rings. The Hall–Kier alpha value is -4.07. The van der Waals surface area contributed by atoms with Crippen LogP contribution < -0.4 is 10.1 Å². The van der Waals surface area contributed by atoms with E-state index in [1.165, 1.54) is 24.3 Å². The lowest BCUT2D eigenvalue weighted by Crippen LogP contribution is -2.30. The Morgan fingerprint density at radius 1 is 0.917 bits per heavy atom. The van der Waals surface area contributed by atoms with Crippen molar-refractivity contribution in [3.8, 4) is 28.4 Å². The van der Waals surface area contributed by atoms with E-state index in [1.807, 2.05) is 79.1 Å². The minimum Gasteiger partial charge on any atom is -0.406 e. The Labute approximate surface area is 207 Å². The zero-order valence-corrected chi connectivity index (χ0v) is 19.9. The molecular formula is C28H26F3N3O2. The smallest absolute Gasteiger partial charge is 0.406 e. The minimum atomic E-state index is -4.79. The Kier molecular flexibility index (Phi) is 7.43. The third kappa shape index (κ3) is 5.59. The van der Waals surface area contributed by atoms with Crippen molar-refractivity contribution in [1.82, 2.24) is 14.9 Å². The molecule has 0 bridgehead atoms. The molecule has 4 aromatic rings. The van der Waals surface area contributed by atoms with Crippen LogP contribution in [0.3, 0.4) is 0 Å². The molecule has 1 N–H and O–H groups in total. The van der Waals surface area contributed by atoms with E-state index >= 15 is 0 Å².